The lowest BCUT2D eigenvalue weighted by Gasteiger charge is -2.00. The molecule has 1 heterocycles. The lowest BCUT2D eigenvalue weighted by molar-refractivity contribution is 0.101. The van der Waals surface area contributed by atoms with Crippen molar-refractivity contribution in [3.8, 4) is 0 Å². The SMILES string of the molecule is Cc1ccc(C(=O)CCl)n1C. The van der Waals surface area contributed by atoms with Gasteiger partial charge in [0.1, 0.15) is 0 Å². The molecule has 2 nitrogen and oxygen atoms in total. The molecule has 0 aliphatic carbocycles. The summed E-state index contributed by atoms with van der Waals surface area (Å²) in [6.07, 6.45) is 0. The number of ketones is 1. The predicted molar refractivity (Wildman–Crippen MR) is 45.2 cm³/mol. The molecule has 0 fully saturated rings. The second-order valence-electron chi connectivity index (χ2n) is 2.48. The standard InChI is InChI=1S/C8H10ClNO/c1-6-3-4-7(10(6)2)8(11)5-9/h3-4H,5H2,1-2H3. The third-order valence-electron chi connectivity index (χ3n) is 1.78. The highest BCUT2D eigenvalue weighted by molar-refractivity contribution is 6.30. The van der Waals surface area contributed by atoms with Gasteiger partial charge in [-0.15, -0.1) is 11.6 Å². The van der Waals surface area contributed by atoms with Crippen LogP contribution in [0.4, 0.5) is 0 Å². The Labute approximate surface area is 70.8 Å². The number of hydrogen-bond donors (Lipinski definition) is 0. The van der Waals surface area contributed by atoms with Crippen molar-refractivity contribution < 1.29 is 4.79 Å². The minimum Gasteiger partial charge on any atom is -0.346 e. The van der Waals surface area contributed by atoms with E-state index in [1.54, 1.807) is 6.07 Å². The number of nitrogens with zero attached hydrogens (tertiary/aromatic N) is 1. The molecule has 0 aromatic carbocycles. The third-order valence-corrected chi connectivity index (χ3v) is 2.02. The van der Waals surface area contributed by atoms with E-state index in [4.69, 9.17) is 11.6 Å². The average molecular weight is 172 g/mol. The molecule has 60 valence electrons. The van der Waals surface area contributed by atoms with Gasteiger partial charge in [-0.05, 0) is 19.1 Å². The van der Waals surface area contributed by atoms with E-state index < -0.39 is 0 Å². The number of aryl methyl sites for hydroxylation is 1. The van der Waals surface area contributed by atoms with Gasteiger partial charge in [-0.1, -0.05) is 0 Å². The second kappa shape index (κ2) is 3.09. The molecule has 0 unspecified atom stereocenters. The Morgan fingerprint density at radius 3 is 2.64 bits per heavy atom. The van der Waals surface area contributed by atoms with Crippen LogP contribution < -0.4 is 0 Å². The van der Waals surface area contributed by atoms with Crippen LogP contribution in [-0.2, 0) is 7.05 Å². The van der Waals surface area contributed by atoms with Crippen LogP contribution in [0, 0.1) is 6.92 Å². The van der Waals surface area contributed by atoms with E-state index >= 15 is 0 Å². The molecular formula is C8H10ClNO. The normalized spacial score (nSPS) is 10.1. The first kappa shape index (κ1) is 8.34. The predicted octanol–water partition coefficient (Wildman–Crippen LogP) is 1.76. The van der Waals surface area contributed by atoms with Crippen LogP contribution in [0.1, 0.15) is 16.2 Å². The maximum atomic E-state index is 11.1. The fourth-order valence-corrected chi connectivity index (χ4v) is 1.10. The van der Waals surface area contributed by atoms with E-state index in [2.05, 4.69) is 0 Å². The molecule has 0 atom stereocenters. The van der Waals surface area contributed by atoms with Gasteiger partial charge in [0.2, 0.25) is 0 Å². The summed E-state index contributed by atoms with van der Waals surface area (Å²) in [5.41, 5.74) is 1.75. The summed E-state index contributed by atoms with van der Waals surface area (Å²) in [6.45, 7) is 1.95. The van der Waals surface area contributed by atoms with Gasteiger partial charge in [0.05, 0.1) is 11.6 Å². The highest BCUT2D eigenvalue weighted by Gasteiger charge is 2.08. The van der Waals surface area contributed by atoms with Crippen molar-refractivity contribution in [2.75, 3.05) is 5.88 Å². The van der Waals surface area contributed by atoms with Gasteiger partial charge in [-0.3, -0.25) is 4.79 Å². The number of rotatable bonds is 2. The van der Waals surface area contributed by atoms with Gasteiger partial charge in [-0.2, -0.15) is 0 Å². The summed E-state index contributed by atoms with van der Waals surface area (Å²) >= 11 is 5.40. The van der Waals surface area contributed by atoms with E-state index in [0.29, 0.717) is 5.69 Å². The van der Waals surface area contributed by atoms with Crippen molar-refractivity contribution in [2.45, 2.75) is 6.92 Å². The molecule has 0 aliphatic rings. The molecule has 0 amide bonds. The molecule has 0 bridgehead atoms. The Morgan fingerprint density at radius 2 is 2.27 bits per heavy atom. The van der Waals surface area contributed by atoms with Gasteiger partial charge in [-0.25, -0.2) is 0 Å². The van der Waals surface area contributed by atoms with Crippen molar-refractivity contribution in [1.29, 1.82) is 0 Å². The van der Waals surface area contributed by atoms with Crippen LogP contribution in [-0.4, -0.2) is 16.2 Å². The number of hydrogen-bond acceptors (Lipinski definition) is 1. The zero-order chi connectivity index (χ0) is 8.43. The lowest BCUT2D eigenvalue weighted by atomic mass is 10.3. The average Bonchev–Trinajstić information content (AvgIpc) is 2.32. The summed E-state index contributed by atoms with van der Waals surface area (Å²) in [5.74, 6) is 0.0272. The topological polar surface area (TPSA) is 22.0 Å². The highest BCUT2D eigenvalue weighted by Crippen LogP contribution is 2.06. The van der Waals surface area contributed by atoms with Crippen LogP contribution in [0.3, 0.4) is 0 Å². The summed E-state index contributed by atoms with van der Waals surface area (Å²) < 4.78 is 1.84. The van der Waals surface area contributed by atoms with Gasteiger partial charge in [0.25, 0.3) is 0 Å². The minimum absolute atomic E-state index is 0.0257. The summed E-state index contributed by atoms with van der Waals surface area (Å²) in [4.78, 5) is 11.1. The fraction of sp³-hybridized carbons (Fsp3) is 0.375. The number of alkyl halides is 1. The first-order valence-electron chi connectivity index (χ1n) is 3.38. The largest absolute Gasteiger partial charge is 0.346 e. The molecule has 0 saturated carbocycles. The molecule has 1 aromatic heterocycles. The maximum Gasteiger partial charge on any atom is 0.193 e. The zero-order valence-corrected chi connectivity index (χ0v) is 7.35. The second-order valence-corrected chi connectivity index (χ2v) is 2.74. The maximum absolute atomic E-state index is 11.1. The van der Waals surface area contributed by atoms with Crippen molar-refractivity contribution >= 4 is 17.4 Å². The number of Topliss-reactive ketones (excluding diaryl/α,β-unsaturated/α-hetero) is 1. The highest BCUT2D eigenvalue weighted by atomic mass is 35.5. The summed E-state index contributed by atoms with van der Waals surface area (Å²) in [6, 6.07) is 3.69. The Bertz CT molecular complexity index is 278. The quantitative estimate of drug-likeness (QED) is 0.491. The van der Waals surface area contributed by atoms with Gasteiger partial charge < -0.3 is 4.57 Å². The molecule has 0 aliphatic heterocycles. The molecule has 0 spiro atoms. The first-order valence-corrected chi connectivity index (χ1v) is 3.91. The van der Waals surface area contributed by atoms with Crippen LogP contribution in [0.15, 0.2) is 12.1 Å². The number of carbonyl (C=O) groups is 1. The van der Waals surface area contributed by atoms with E-state index in [1.165, 1.54) is 0 Å². The third kappa shape index (κ3) is 1.46. The minimum atomic E-state index is -0.0257. The Kier molecular flexibility index (Phi) is 2.35. The lowest BCUT2D eigenvalue weighted by Crippen LogP contribution is -2.07. The molecule has 1 rings (SSSR count). The monoisotopic (exact) mass is 171 g/mol. The molecule has 1 aromatic rings. The summed E-state index contributed by atoms with van der Waals surface area (Å²) in [7, 11) is 1.86. The number of carbonyl (C=O) groups excluding carboxylic acids is 1. The molecular weight excluding hydrogens is 162 g/mol. The molecule has 0 radical (unpaired) electrons. The molecule has 3 heteroatoms. The van der Waals surface area contributed by atoms with Crippen LogP contribution in [0.2, 0.25) is 0 Å². The van der Waals surface area contributed by atoms with Gasteiger partial charge in [0, 0.05) is 12.7 Å². The van der Waals surface area contributed by atoms with Crippen LogP contribution >= 0.6 is 11.6 Å². The van der Waals surface area contributed by atoms with Crippen molar-refractivity contribution in [3.05, 3.63) is 23.5 Å². The van der Waals surface area contributed by atoms with E-state index in [-0.39, 0.29) is 11.7 Å². The number of aromatic nitrogens is 1. The first-order chi connectivity index (χ1) is 5.16. The fourth-order valence-electron chi connectivity index (χ4n) is 0.962. The van der Waals surface area contributed by atoms with Gasteiger partial charge in [0.15, 0.2) is 5.78 Å². The van der Waals surface area contributed by atoms with Crippen LogP contribution in [0.25, 0.3) is 0 Å². The zero-order valence-electron chi connectivity index (χ0n) is 6.60. The van der Waals surface area contributed by atoms with E-state index in [0.717, 1.165) is 5.69 Å². The molecule has 0 N–H and O–H groups in total. The Hall–Kier alpha value is -0.760. The molecule has 11 heavy (non-hydrogen) atoms. The van der Waals surface area contributed by atoms with E-state index in [1.807, 2.05) is 24.6 Å². The number of halogens is 1. The van der Waals surface area contributed by atoms with Crippen molar-refractivity contribution in [3.63, 3.8) is 0 Å². The smallest absolute Gasteiger partial charge is 0.193 e. The summed E-state index contributed by atoms with van der Waals surface area (Å²) in [5, 5.41) is 0. The van der Waals surface area contributed by atoms with Crippen molar-refractivity contribution in [2.24, 2.45) is 7.05 Å². The van der Waals surface area contributed by atoms with E-state index in [9.17, 15) is 4.79 Å². The Balaban J connectivity index is 3.04. The van der Waals surface area contributed by atoms with Crippen molar-refractivity contribution in [1.82, 2.24) is 4.57 Å². The van der Waals surface area contributed by atoms with Crippen LogP contribution in [0.5, 0.6) is 0 Å². The Morgan fingerprint density at radius 1 is 1.64 bits per heavy atom. The van der Waals surface area contributed by atoms with Gasteiger partial charge >= 0.3 is 0 Å². The molecule has 0 saturated heterocycles.